The summed E-state index contributed by atoms with van der Waals surface area (Å²) in [5, 5.41) is 3.01. The summed E-state index contributed by atoms with van der Waals surface area (Å²) in [5.41, 5.74) is 2.20. The fourth-order valence-electron chi connectivity index (χ4n) is 6.62. The molecule has 7 rings (SSSR count). The third-order valence-electron chi connectivity index (χ3n) is 9.63. The molecule has 0 atom stereocenters. The number of imidazole rings is 1. The first-order chi connectivity index (χ1) is 27.4. The molecule has 0 bridgehead atoms. The molecule has 1 fully saturated rings. The van der Waals surface area contributed by atoms with Crippen molar-refractivity contribution in [1.82, 2.24) is 34.4 Å². The van der Waals surface area contributed by atoms with Crippen LogP contribution in [0.25, 0.3) is 38.8 Å². The van der Waals surface area contributed by atoms with Crippen LogP contribution in [0, 0.1) is 0 Å². The molecule has 0 radical (unpaired) electrons. The number of hydrogen-bond acceptors (Lipinski definition) is 12. The number of benzene rings is 2. The van der Waals surface area contributed by atoms with Crippen molar-refractivity contribution < 1.29 is 37.0 Å². The van der Waals surface area contributed by atoms with E-state index < -0.39 is 29.7 Å². The number of ether oxygens (including phenoxy) is 3. The summed E-state index contributed by atoms with van der Waals surface area (Å²) >= 11 is 0. The highest BCUT2D eigenvalue weighted by molar-refractivity contribution is 6.04. The van der Waals surface area contributed by atoms with Gasteiger partial charge in [0.1, 0.15) is 0 Å². The molecule has 1 amide bonds. The lowest BCUT2D eigenvalue weighted by molar-refractivity contribution is -0.137. The number of rotatable bonds is 10. The van der Waals surface area contributed by atoms with Crippen LogP contribution < -0.4 is 25.5 Å². The molecule has 1 saturated heterocycles. The summed E-state index contributed by atoms with van der Waals surface area (Å²) in [6, 6.07) is 13.0. The Kier molecular flexibility index (Phi) is 10.9. The van der Waals surface area contributed by atoms with Crippen LogP contribution >= 0.6 is 0 Å². The summed E-state index contributed by atoms with van der Waals surface area (Å²) in [6.07, 6.45) is 0.873. The van der Waals surface area contributed by atoms with E-state index in [1.807, 2.05) is 30.0 Å². The van der Waals surface area contributed by atoms with Gasteiger partial charge in [-0.2, -0.15) is 13.2 Å². The van der Waals surface area contributed by atoms with E-state index in [0.717, 1.165) is 23.6 Å². The number of hydrogen-bond donors (Lipinski definition) is 1. The smallest absolute Gasteiger partial charge is 0.481 e. The van der Waals surface area contributed by atoms with Crippen LogP contribution in [0.3, 0.4) is 0 Å². The molecule has 15 nitrogen and oxygen atoms in total. The predicted octanol–water partition coefficient (Wildman–Crippen LogP) is 6.25. The average molecular weight is 786 g/mol. The molecule has 296 valence electrons. The molecule has 18 heteroatoms. The van der Waals surface area contributed by atoms with Gasteiger partial charge in [0, 0.05) is 86.6 Å². The first-order valence-corrected chi connectivity index (χ1v) is 18.1. The zero-order valence-corrected chi connectivity index (χ0v) is 31.2. The molecule has 1 N–H and O–H groups in total. The number of carbonyl (C=O) groups excluding carboxylic acids is 2. The zero-order chi connectivity index (χ0) is 40.3. The van der Waals surface area contributed by atoms with Gasteiger partial charge in [-0.25, -0.2) is 29.3 Å². The summed E-state index contributed by atoms with van der Waals surface area (Å²) in [5.74, 6) is 0.818. The van der Waals surface area contributed by atoms with Crippen LogP contribution in [-0.2, 0) is 29.2 Å². The molecule has 1 aliphatic heterocycles. The maximum Gasteiger partial charge on any atom is 0.517 e. The fraction of sp³-hybridized carbons (Fsp3) is 0.308. The molecule has 0 unspecified atom stereocenters. The van der Waals surface area contributed by atoms with Crippen molar-refractivity contribution in [1.29, 1.82) is 0 Å². The van der Waals surface area contributed by atoms with Crippen molar-refractivity contribution in [3.63, 3.8) is 0 Å². The highest BCUT2D eigenvalue weighted by Crippen LogP contribution is 2.39. The molecule has 0 spiro atoms. The Labute approximate surface area is 323 Å². The van der Waals surface area contributed by atoms with Crippen molar-refractivity contribution >= 4 is 45.8 Å². The largest absolute Gasteiger partial charge is 0.517 e. The predicted molar refractivity (Wildman–Crippen MR) is 205 cm³/mol. The van der Waals surface area contributed by atoms with E-state index in [-0.39, 0.29) is 37.6 Å². The normalized spacial score (nSPS) is 13.2. The van der Waals surface area contributed by atoms with Crippen LogP contribution in [0.15, 0.2) is 78.1 Å². The molecule has 0 aliphatic carbocycles. The average Bonchev–Trinajstić information content (AvgIpc) is 3.48. The molecule has 2 aromatic carbocycles. The third-order valence-corrected chi connectivity index (χ3v) is 9.63. The number of alkyl halides is 3. The Hall–Kier alpha value is -6.72. The Morgan fingerprint density at radius 3 is 2.30 bits per heavy atom. The summed E-state index contributed by atoms with van der Waals surface area (Å²) in [4.78, 5) is 58.3. The summed E-state index contributed by atoms with van der Waals surface area (Å²) in [6.45, 7) is 3.21. The van der Waals surface area contributed by atoms with Crippen molar-refractivity contribution in [2.24, 2.45) is 7.05 Å². The summed E-state index contributed by atoms with van der Waals surface area (Å²) < 4.78 is 61.7. The molecule has 0 saturated carbocycles. The summed E-state index contributed by atoms with van der Waals surface area (Å²) in [7, 11) is 3.08. The Morgan fingerprint density at radius 2 is 1.61 bits per heavy atom. The number of nitrogens with one attached hydrogen (secondary N) is 1. The number of piperazine rings is 1. The van der Waals surface area contributed by atoms with E-state index in [9.17, 15) is 27.6 Å². The molecule has 4 aromatic heterocycles. The number of aryl methyl sites for hydroxylation is 1. The Bertz CT molecular complexity index is 2480. The van der Waals surface area contributed by atoms with Crippen LogP contribution in [0.1, 0.15) is 30.9 Å². The van der Waals surface area contributed by atoms with Crippen LogP contribution in [0.5, 0.6) is 5.88 Å². The number of aromatic nitrogens is 6. The molecular formula is C39H38F3N9O6. The van der Waals surface area contributed by atoms with Gasteiger partial charge in [0.15, 0.2) is 0 Å². The van der Waals surface area contributed by atoms with E-state index in [1.54, 1.807) is 36.5 Å². The van der Waals surface area contributed by atoms with Crippen molar-refractivity contribution in [2.45, 2.75) is 32.5 Å². The number of methoxy groups -OCH3 is 1. The third kappa shape index (κ3) is 8.15. The van der Waals surface area contributed by atoms with E-state index in [4.69, 9.17) is 9.47 Å². The lowest BCUT2D eigenvalue weighted by atomic mass is 10.0. The van der Waals surface area contributed by atoms with Gasteiger partial charge in [-0.3, -0.25) is 14.1 Å². The first-order valence-electron chi connectivity index (χ1n) is 18.1. The molecular weight excluding hydrogens is 747 g/mol. The number of fused-ring (bicyclic) bond motifs is 3. The van der Waals surface area contributed by atoms with Gasteiger partial charge in [0.2, 0.25) is 11.8 Å². The van der Waals surface area contributed by atoms with Crippen LogP contribution in [0.2, 0.25) is 0 Å². The van der Waals surface area contributed by atoms with E-state index in [2.05, 4.69) is 30.0 Å². The van der Waals surface area contributed by atoms with E-state index >= 15 is 0 Å². The van der Waals surface area contributed by atoms with Gasteiger partial charge < -0.3 is 29.3 Å². The molecule has 6 aromatic rings. The minimum atomic E-state index is -4.73. The fourth-order valence-corrected chi connectivity index (χ4v) is 6.62. The van der Waals surface area contributed by atoms with E-state index in [0.29, 0.717) is 58.8 Å². The van der Waals surface area contributed by atoms with Crippen molar-refractivity contribution in [3.8, 4) is 22.7 Å². The Balaban J connectivity index is 1.09. The van der Waals surface area contributed by atoms with Gasteiger partial charge in [-0.1, -0.05) is 19.4 Å². The number of nitrogens with zero attached hydrogens (tertiary/aromatic N) is 8. The maximum absolute atomic E-state index is 14.9. The lowest BCUT2D eigenvalue weighted by Gasteiger charge is -2.37. The van der Waals surface area contributed by atoms with Gasteiger partial charge in [-0.15, -0.1) is 0 Å². The van der Waals surface area contributed by atoms with Gasteiger partial charge in [0.25, 0.3) is 0 Å². The molecule has 5 heterocycles. The second kappa shape index (κ2) is 16.2. The van der Waals surface area contributed by atoms with Gasteiger partial charge in [-0.05, 0) is 48.4 Å². The highest BCUT2D eigenvalue weighted by Gasteiger charge is 2.36. The highest BCUT2D eigenvalue weighted by atomic mass is 19.4. The number of unbranched alkanes of at least 4 members (excludes halogenated alkanes) is 1. The topological polar surface area (TPSA) is 159 Å². The second-order valence-corrected chi connectivity index (χ2v) is 13.2. The lowest BCUT2D eigenvalue weighted by Crippen LogP contribution is -2.47. The van der Waals surface area contributed by atoms with Gasteiger partial charge >= 0.3 is 24.1 Å². The standard InChI is InChI=1S/C39H38F3N9O6/c1-4-5-16-56-38(54)57-36(52)47-21-24-19-45-35(46-20-24)50-14-12-49(13-15-50)31-10-8-27(18-29(31)39(40,41)42)51-34-28-17-25(26-7-11-33(55-3)44-22-26)6-9-30(28)43-23-32(34)48(2)37(51)53/h6-11,17-20,22-23H,4-5,12-16,21H2,1-3H3,(H,47,52). The second-order valence-electron chi connectivity index (χ2n) is 13.2. The quantitative estimate of drug-likeness (QED) is 0.0948. The minimum absolute atomic E-state index is 0.00813. The minimum Gasteiger partial charge on any atom is -0.481 e. The van der Waals surface area contributed by atoms with Crippen LogP contribution in [0.4, 0.5) is 34.4 Å². The van der Waals surface area contributed by atoms with E-state index in [1.165, 1.54) is 40.8 Å². The SMILES string of the molecule is CCCCOC(=O)OC(=O)NCc1cnc(N2CCN(c3ccc(-n4c(=O)n(C)c5cnc6ccc(-c7ccc(OC)nc7)cc6c54)cc3C(F)(F)F)CC2)nc1. The molecule has 57 heavy (non-hydrogen) atoms. The number of carbonyl (C=O) groups is 2. The number of pyridine rings is 2. The first kappa shape index (κ1) is 38.6. The Morgan fingerprint density at radius 1 is 0.877 bits per heavy atom. The number of alkyl carbamates (subject to hydrolysis) is 1. The zero-order valence-electron chi connectivity index (χ0n) is 31.2. The monoisotopic (exact) mass is 785 g/mol. The maximum atomic E-state index is 14.9. The number of halogens is 3. The molecule has 1 aliphatic rings. The van der Waals surface area contributed by atoms with Crippen molar-refractivity contribution in [3.05, 3.63) is 94.9 Å². The number of amides is 1. The number of anilines is 2. The van der Waals surface area contributed by atoms with Crippen LogP contribution in [-0.4, -0.2) is 81.2 Å². The van der Waals surface area contributed by atoms with Crippen molar-refractivity contribution in [2.75, 3.05) is 49.7 Å². The van der Waals surface area contributed by atoms with Gasteiger partial charge in [0.05, 0.1) is 47.7 Å².